The number of rotatable bonds is 6. The number of halogens is 2. The van der Waals surface area contributed by atoms with E-state index in [4.69, 9.17) is 9.41 Å². The molecule has 0 spiro atoms. The minimum Gasteiger partial charge on any atom is -0.478 e. The van der Waals surface area contributed by atoms with Crippen molar-refractivity contribution in [2.24, 2.45) is 4.99 Å². The van der Waals surface area contributed by atoms with Gasteiger partial charge in [0.25, 0.3) is 0 Å². The van der Waals surface area contributed by atoms with Crippen LogP contribution in [0.2, 0.25) is 0 Å². The van der Waals surface area contributed by atoms with Gasteiger partial charge in [-0.3, -0.25) is 13.6 Å². The molecule has 2 aliphatic heterocycles. The lowest BCUT2D eigenvalue weighted by Crippen LogP contribution is -2.21. The topological polar surface area (TPSA) is 74.0 Å². The lowest BCUT2D eigenvalue weighted by molar-refractivity contribution is 0.0697. The minimum atomic E-state index is -2.72. The second-order valence-corrected chi connectivity index (χ2v) is 14.3. The first-order chi connectivity index (χ1) is 26.2. The van der Waals surface area contributed by atoms with E-state index in [0.717, 1.165) is 54.4 Å². The van der Waals surface area contributed by atoms with Crippen molar-refractivity contribution in [2.75, 3.05) is 33.1 Å². The van der Waals surface area contributed by atoms with E-state index in [-0.39, 0.29) is 5.56 Å². The molecule has 7 rings (SSSR count). The highest BCUT2D eigenvalue weighted by atomic mass is 19.2. The SMILES string of the molecule is CC1=CC(C)=N/C1=C(/c1ccc(C#Cc2ccc(C(=O)O)c(-c3c4ccc(=[N+](C)C)cc-4oc4cc(N(C)C)ccc34)c2)cc1)c1c(C)cc(C)n1B(F)F. The fourth-order valence-electron chi connectivity index (χ4n) is 7.30. The smallest absolute Gasteiger partial charge is 0.478 e. The number of hydrogen-bond acceptors (Lipinski definition) is 4. The quantitative estimate of drug-likeness (QED) is 0.0805. The number of allylic oxidation sites excluding steroid dienone is 2. The molecule has 0 unspecified atom stereocenters. The molecular weight excluding hydrogens is 693 g/mol. The van der Waals surface area contributed by atoms with Crippen LogP contribution in [0, 0.1) is 25.7 Å². The normalized spacial score (nSPS) is 13.3. The zero-order valence-electron chi connectivity index (χ0n) is 32.0. The Morgan fingerprint density at radius 2 is 1.58 bits per heavy atom. The van der Waals surface area contributed by atoms with Gasteiger partial charge in [-0.25, -0.2) is 9.37 Å². The molecule has 0 saturated carbocycles. The Hall–Kier alpha value is -6.47. The zero-order valence-corrected chi connectivity index (χ0v) is 32.0. The third-order valence-corrected chi connectivity index (χ3v) is 9.94. The molecule has 0 amide bonds. The number of carbonyl (C=O) groups is 1. The molecule has 3 aliphatic rings. The number of aliphatic imine (C=N–C) groups is 1. The van der Waals surface area contributed by atoms with Crippen molar-refractivity contribution in [2.45, 2.75) is 27.7 Å². The van der Waals surface area contributed by atoms with Gasteiger partial charge in [0.15, 0.2) is 0 Å². The van der Waals surface area contributed by atoms with Crippen molar-refractivity contribution in [3.63, 3.8) is 0 Å². The Morgan fingerprint density at radius 1 is 0.873 bits per heavy atom. The largest absolute Gasteiger partial charge is 0.677 e. The number of aromatic nitrogens is 1. The summed E-state index contributed by atoms with van der Waals surface area (Å²) in [7, 11) is 5.11. The lowest BCUT2D eigenvalue weighted by atomic mass is 9.89. The Kier molecular flexibility index (Phi) is 9.66. The molecule has 7 nitrogen and oxygen atoms in total. The molecule has 3 heterocycles. The number of benzene rings is 4. The van der Waals surface area contributed by atoms with Crippen molar-refractivity contribution < 1.29 is 22.9 Å². The maximum Gasteiger partial charge on any atom is 0.677 e. The van der Waals surface area contributed by atoms with E-state index in [2.05, 4.69) is 11.8 Å². The molecule has 0 saturated heterocycles. The molecule has 10 heteroatoms. The zero-order chi connectivity index (χ0) is 39.3. The summed E-state index contributed by atoms with van der Waals surface area (Å²) in [4.78, 5) is 19.5. The number of carboxylic acids is 1. The van der Waals surface area contributed by atoms with Crippen molar-refractivity contribution in [3.8, 4) is 34.3 Å². The van der Waals surface area contributed by atoms with Gasteiger partial charge >= 0.3 is 13.4 Å². The first-order valence-electron chi connectivity index (χ1n) is 17.9. The van der Waals surface area contributed by atoms with Crippen LogP contribution in [0.5, 0.6) is 0 Å². The third-order valence-electron chi connectivity index (χ3n) is 9.94. The van der Waals surface area contributed by atoms with Gasteiger partial charge in [-0.1, -0.05) is 24.0 Å². The van der Waals surface area contributed by atoms with Crippen molar-refractivity contribution in [1.82, 2.24) is 9.05 Å². The van der Waals surface area contributed by atoms with Crippen LogP contribution in [0.1, 0.15) is 57.8 Å². The number of aryl methyl sites for hydroxylation is 2. The second-order valence-electron chi connectivity index (χ2n) is 14.3. The number of hydrogen-bond donors (Lipinski definition) is 1. The monoisotopic (exact) mass is 733 g/mol. The first kappa shape index (κ1) is 36.9. The van der Waals surface area contributed by atoms with Gasteiger partial charge < -0.3 is 18.9 Å². The number of aromatic carboxylic acids is 1. The van der Waals surface area contributed by atoms with Crippen molar-refractivity contribution in [1.29, 1.82) is 0 Å². The number of carboxylic acid groups (broad SMARTS) is 1. The van der Waals surface area contributed by atoms with E-state index < -0.39 is 13.4 Å². The fraction of sp³-hybridized carbons (Fsp3) is 0.178. The summed E-state index contributed by atoms with van der Waals surface area (Å²) in [6.45, 7) is 7.36. The molecular formula is C45H40BF2N4O3+. The summed E-state index contributed by atoms with van der Waals surface area (Å²) < 4.78 is 38.4. The lowest BCUT2D eigenvalue weighted by Gasteiger charge is -2.19. The summed E-state index contributed by atoms with van der Waals surface area (Å²) in [6.07, 6.45) is 1.95. The average Bonchev–Trinajstić information content (AvgIpc) is 3.64. The Bertz CT molecular complexity index is 2750. The highest BCUT2D eigenvalue weighted by Gasteiger charge is 2.29. The fourth-order valence-corrected chi connectivity index (χ4v) is 7.30. The molecule has 0 radical (unpaired) electrons. The molecule has 0 bridgehead atoms. The number of nitrogens with zero attached hydrogens (tertiary/aromatic N) is 4. The van der Waals surface area contributed by atoms with E-state index in [0.29, 0.717) is 50.7 Å². The van der Waals surface area contributed by atoms with Gasteiger partial charge in [-0.05, 0) is 111 Å². The maximum absolute atomic E-state index is 14.4. The molecule has 274 valence electrons. The average molecular weight is 734 g/mol. The number of fused-ring (bicyclic) bond motifs is 2. The molecule has 0 atom stereocenters. The molecule has 1 aliphatic carbocycles. The van der Waals surface area contributed by atoms with Crippen molar-refractivity contribution >= 4 is 41.3 Å². The van der Waals surface area contributed by atoms with Gasteiger partial charge in [0.1, 0.15) is 25.4 Å². The van der Waals surface area contributed by atoms with Crippen LogP contribution in [0.3, 0.4) is 0 Å². The summed E-state index contributed by atoms with van der Waals surface area (Å²) >= 11 is 0. The molecule has 1 N–H and O–H groups in total. The van der Waals surface area contributed by atoms with Crippen LogP contribution in [0.25, 0.3) is 39.0 Å². The third kappa shape index (κ3) is 6.90. The Labute approximate surface area is 319 Å². The predicted molar refractivity (Wildman–Crippen MR) is 219 cm³/mol. The first-order valence-corrected chi connectivity index (χ1v) is 17.9. The van der Waals surface area contributed by atoms with E-state index in [9.17, 15) is 18.5 Å². The van der Waals surface area contributed by atoms with Gasteiger partial charge in [0.05, 0.1) is 17.3 Å². The van der Waals surface area contributed by atoms with E-state index in [1.165, 1.54) is 0 Å². The van der Waals surface area contributed by atoms with E-state index in [1.807, 2.05) is 131 Å². The van der Waals surface area contributed by atoms with Crippen molar-refractivity contribution in [3.05, 3.63) is 147 Å². The van der Waals surface area contributed by atoms with Crippen LogP contribution in [0.4, 0.5) is 14.3 Å². The van der Waals surface area contributed by atoms with Gasteiger partial charge in [-0.15, -0.1) is 0 Å². The summed E-state index contributed by atoms with van der Waals surface area (Å²) in [5, 5.41) is 12.1. The molecule has 55 heavy (non-hydrogen) atoms. The maximum atomic E-state index is 14.4. The predicted octanol–water partition coefficient (Wildman–Crippen LogP) is 8.77. The summed E-state index contributed by atoms with van der Waals surface area (Å²) in [6, 6.07) is 26.2. The molecule has 1 aromatic heterocycles. The highest BCUT2D eigenvalue weighted by molar-refractivity contribution is 6.41. The molecule has 3 aromatic carbocycles. The van der Waals surface area contributed by atoms with Gasteiger partial charge in [0.2, 0.25) is 5.36 Å². The van der Waals surface area contributed by atoms with Crippen LogP contribution in [0.15, 0.2) is 112 Å². The highest BCUT2D eigenvalue weighted by Crippen LogP contribution is 2.42. The number of anilines is 1. The molecule has 4 aromatic rings. The summed E-state index contributed by atoms with van der Waals surface area (Å²) in [5.74, 6) is 6.05. The van der Waals surface area contributed by atoms with Crippen LogP contribution in [-0.2, 0) is 0 Å². The minimum absolute atomic E-state index is 0.144. The Morgan fingerprint density at radius 3 is 2.22 bits per heavy atom. The van der Waals surface area contributed by atoms with Gasteiger partial charge in [-0.2, -0.15) is 0 Å². The second kappa shape index (κ2) is 14.4. The standard InChI is InChI=1S/C45H39BF2N4O3/c1-26-21-28(3)49-43(26)41(44-27(2)22-29(4)52(44)46(47)48)32-14-11-30(12-15-32)9-10-31-13-18-35(45(53)54)38(23-31)42-36-19-16-33(50(5)6)24-39(36)55-40-25-34(51(7)8)17-20-37(40)42/h11-25H,1-8H3/p+1/b43-41-. The van der Waals surface area contributed by atoms with Crippen LogP contribution < -0.4 is 14.8 Å². The Balaban J connectivity index is 1.35. The van der Waals surface area contributed by atoms with Gasteiger partial charge in [0, 0.05) is 82.2 Å². The molecule has 0 fully saturated rings. The van der Waals surface area contributed by atoms with Crippen LogP contribution >= 0.6 is 0 Å². The van der Waals surface area contributed by atoms with E-state index >= 15 is 0 Å². The van der Waals surface area contributed by atoms with Crippen LogP contribution in [-0.4, -0.2) is 56.9 Å². The summed E-state index contributed by atoms with van der Waals surface area (Å²) in [5.41, 5.74) is 10.5. The van der Waals surface area contributed by atoms with E-state index in [1.54, 1.807) is 25.1 Å².